The summed E-state index contributed by atoms with van der Waals surface area (Å²) in [4.78, 5) is 12.4. The number of fused-ring (bicyclic) bond motifs is 1. The fourth-order valence-electron chi connectivity index (χ4n) is 3.04. The molecule has 30 heavy (non-hydrogen) atoms. The zero-order chi connectivity index (χ0) is 20.9. The molecule has 3 aromatic carbocycles. The number of hydrogen-bond donors (Lipinski definition) is 1. The van der Waals surface area contributed by atoms with Crippen LogP contribution in [0.5, 0.6) is 5.75 Å². The van der Waals surface area contributed by atoms with Crippen LogP contribution in [-0.4, -0.2) is 27.5 Å². The van der Waals surface area contributed by atoms with Crippen LogP contribution in [0.15, 0.2) is 72.8 Å². The van der Waals surface area contributed by atoms with Crippen molar-refractivity contribution < 1.29 is 18.3 Å². The van der Waals surface area contributed by atoms with Gasteiger partial charge in [0.2, 0.25) is 0 Å². The monoisotopic (exact) mass is 408 g/mol. The number of amides is 1. The van der Waals surface area contributed by atoms with Crippen molar-refractivity contribution in [3.05, 3.63) is 89.5 Å². The van der Waals surface area contributed by atoms with E-state index in [0.717, 1.165) is 22.2 Å². The molecule has 0 atom stereocenters. The van der Waals surface area contributed by atoms with Crippen LogP contribution in [-0.2, 0) is 13.1 Å². The van der Waals surface area contributed by atoms with Crippen LogP contribution in [0, 0.1) is 0 Å². The minimum atomic E-state index is -2.86. The molecule has 0 unspecified atom stereocenters. The van der Waals surface area contributed by atoms with Gasteiger partial charge in [0.25, 0.3) is 5.91 Å². The van der Waals surface area contributed by atoms with Crippen LogP contribution in [0.4, 0.5) is 8.78 Å². The van der Waals surface area contributed by atoms with Gasteiger partial charge in [-0.1, -0.05) is 41.6 Å². The third-order valence-electron chi connectivity index (χ3n) is 4.57. The molecular formula is C22H18F2N4O2. The van der Waals surface area contributed by atoms with E-state index in [1.54, 1.807) is 24.3 Å². The topological polar surface area (TPSA) is 69.0 Å². The minimum Gasteiger partial charge on any atom is -0.435 e. The summed E-state index contributed by atoms with van der Waals surface area (Å²) < 4.78 is 30.5. The molecule has 0 bridgehead atoms. The number of para-hydroxylation sites is 1. The first-order valence-electron chi connectivity index (χ1n) is 9.27. The quantitative estimate of drug-likeness (QED) is 0.502. The SMILES string of the molecule is O=C(NCc1ccc(OC(F)F)cc1)c1ccc(Cn2nnc3ccccc32)cc1. The number of halogens is 2. The lowest BCUT2D eigenvalue weighted by Crippen LogP contribution is -2.22. The number of nitrogens with zero attached hydrogens (tertiary/aromatic N) is 3. The lowest BCUT2D eigenvalue weighted by molar-refractivity contribution is -0.0498. The van der Waals surface area contributed by atoms with Crippen LogP contribution >= 0.6 is 0 Å². The standard InChI is InChI=1S/C22H18F2N4O2/c23-22(24)30-18-11-7-15(8-12-18)13-25-21(29)17-9-5-16(6-10-17)14-28-20-4-2-1-3-19(20)26-27-28/h1-12,22H,13-14H2,(H,25,29). The lowest BCUT2D eigenvalue weighted by atomic mass is 10.1. The molecule has 1 heterocycles. The Morgan fingerprint density at radius 2 is 1.67 bits per heavy atom. The molecule has 1 amide bonds. The summed E-state index contributed by atoms with van der Waals surface area (Å²) in [6, 6.07) is 21.1. The number of nitrogens with one attached hydrogen (secondary N) is 1. The molecule has 1 N–H and O–H groups in total. The fraction of sp³-hybridized carbons (Fsp3) is 0.136. The van der Waals surface area contributed by atoms with Gasteiger partial charge in [-0.3, -0.25) is 4.79 Å². The number of rotatable bonds is 7. The molecule has 0 aliphatic carbocycles. The number of ether oxygens (including phenoxy) is 1. The van der Waals surface area contributed by atoms with Crippen molar-refractivity contribution in [3.63, 3.8) is 0 Å². The summed E-state index contributed by atoms with van der Waals surface area (Å²) in [6.45, 7) is -2.03. The summed E-state index contributed by atoms with van der Waals surface area (Å²) in [5, 5.41) is 11.1. The second-order valence-corrected chi connectivity index (χ2v) is 6.64. The first-order chi connectivity index (χ1) is 14.6. The average molecular weight is 408 g/mol. The highest BCUT2D eigenvalue weighted by Crippen LogP contribution is 2.15. The molecule has 8 heteroatoms. The number of carbonyl (C=O) groups excluding carboxylic acids is 1. The van der Waals surface area contributed by atoms with Gasteiger partial charge in [-0.15, -0.1) is 5.10 Å². The van der Waals surface area contributed by atoms with Crippen molar-refractivity contribution >= 4 is 16.9 Å². The van der Waals surface area contributed by atoms with Crippen LogP contribution in [0.2, 0.25) is 0 Å². The van der Waals surface area contributed by atoms with Crippen LogP contribution < -0.4 is 10.1 Å². The first-order valence-corrected chi connectivity index (χ1v) is 9.27. The summed E-state index contributed by atoms with van der Waals surface area (Å²) in [7, 11) is 0. The number of benzene rings is 3. The molecule has 4 rings (SSSR count). The maximum Gasteiger partial charge on any atom is 0.387 e. The Kier molecular flexibility index (Phi) is 5.65. The Morgan fingerprint density at radius 1 is 0.967 bits per heavy atom. The predicted molar refractivity (Wildman–Crippen MR) is 107 cm³/mol. The largest absolute Gasteiger partial charge is 0.435 e. The predicted octanol–water partition coefficient (Wildman–Crippen LogP) is 4.01. The molecule has 1 aromatic heterocycles. The van der Waals surface area contributed by atoms with Gasteiger partial charge in [0.15, 0.2) is 0 Å². The molecule has 0 fully saturated rings. The molecule has 0 radical (unpaired) electrons. The molecule has 0 saturated carbocycles. The molecule has 0 aliphatic heterocycles. The van der Waals surface area contributed by atoms with Crippen LogP contribution in [0.3, 0.4) is 0 Å². The van der Waals surface area contributed by atoms with E-state index in [4.69, 9.17) is 0 Å². The molecular weight excluding hydrogens is 390 g/mol. The smallest absolute Gasteiger partial charge is 0.387 e. The van der Waals surface area contributed by atoms with Crippen molar-refractivity contribution in [2.45, 2.75) is 19.7 Å². The third kappa shape index (κ3) is 4.60. The lowest BCUT2D eigenvalue weighted by Gasteiger charge is -2.08. The molecule has 4 aromatic rings. The van der Waals surface area contributed by atoms with Gasteiger partial charge in [-0.25, -0.2) is 4.68 Å². The Balaban J connectivity index is 1.35. The van der Waals surface area contributed by atoms with Crippen molar-refractivity contribution in [2.24, 2.45) is 0 Å². The average Bonchev–Trinajstić information content (AvgIpc) is 3.16. The Morgan fingerprint density at radius 3 is 2.40 bits per heavy atom. The van der Waals surface area contributed by atoms with E-state index in [1.807, 2.05) is 41.1 Å². The van der Waals surface area contributed by atoms with Crippen LogP contribution in [0.25, 0.3) is 11.0 Å². The molecule has 0 spiro atoms. The maximum absolute atomic E-state index is 12.4. The summed E-state index contributed by atoms with van der Waals surface area (Å²) >= 11 is 0. The number of aromatic nitrogens is 3. The summed E-state index contributed by atoms with van der Waals surface area (Å²) in [5.41, 5.74) is 4.09. The second kappa shape index (κ2) is 8.69. The first kappa shape index (κ1) is 19.5. The van der Waals surface area contributed by atoms with E-state index < -0.39 is 6.61 Å². The summed E-state index contributed by atoms with van der Waals surface area (Å²) in [6.07, 6.45) is 0. The van der Waals surface area contributed by atoms with Crippen molar-refractivity contribution in [1.29, 1.82) is 0 Å². The van der Waals surface area contributed by atoms with E-state index in [1.165, 1.54) is 12.1 Å². The number of hydrogen-bond acceptors (Lipinski definition) is 4. The van der Waals surface area contributed by atoms with Gasteiger partial charge in [-0.2, -0.15) is 8.78 Å². The maximum atomic E-state index is 12.4. The van der Waals surface area contributed by atoms with E-state index >= 15 is 0 Å². The molecule has 152 valence electrons. The molecule has 0 aliphatic rings. The highest BCUT2D eigenvalue weighted by Gasteiger charge is 2.08. The van der Waals surface area contributed by atoms with Gasteiger partial charge in [0, 0.05) is 12.1 Å². The Labute approximate surface area is 171 Å². The highest BCUT2D eigenvalue weighted by molar-refractivity contribution is 5.94. The zero-order valence-electron chi connectivity index (χ0n) is 15.8. The number of alkyl halides is 2. The Hall–Kier alpha value is -3.81. The second-order valence-electron chi connectivity index (χ2n) is 6.64. The molecule has 6 nitrogen and oxygen atoms in total. The highest BCUT2D eigenvalue weighted by atomic mass is 19.3. The van der Waals surface area contributed by atoms with E-state index in [0.29, 0.717) is 12.1 Å². The fourth-order valence-corrected chi connectivity index (χ4v) is 3.04. The van der Waals surface area contributed by atoms with Gasteiger partial charge in [0.1, 0.15) is 11.3 Å². The van der Waals surface area contributed by atoms with E-state index in [2.05, 4.69) is 20.4 Å². The van der Waals surface area contributed by atoms with Gasteiger partial charge in [-0.05, 0) is 47.5 Å². The van der Waals surface area contributed by atoms with Crippen LogP contribution in [0.1, 0.15) is 21.5 Å². The summed E-state index contributed by atoms with van der Waals surface area (Å²) in [5.74, 6) is -0.142. The van der Waals surface area contributed by atoms with Gasteiger partial charge in [0.05, 0.1) is 12.1 Å². The number of carbonyl (C=O) groups is 1. The van der Waals surface area contributed by atoms with Crippen molar-refractivity contribution in [2.75, 3.05) is 0 Å². The normalized spacial score (nSPS) is 11.0. The zero-order valence-corrected chi connectivity index (χ0v) is 15.8. The Bertz CT molecular complexity index is 1140. The van der Waals surface area contributed by atoms with Crippen molar-refractivity contribution in [1.82, 2.24) is 20.3 Å². The van der Waals surface area contributed by atoms with Gasteiger partial charge >= 0.3 is 6.61 Å². The van der Waals surface area contributed by atoms with E-state index in [9.17, 15) is 13.6 Å². The van der Waals surface area contributed by atoms with E-state index in [-0.39, 0.29) is 18.2 Å². The third-order valence-corrected chi connectivity index (χ3v) is 4.57. The van der Waals surface area contributed by atoms with Gasteiger partial charge < -0.3 is 10.1 Å². The molecule has 0 saturated heterocycles. The van der Waals surface area contributed by atoms with Crippen molar-refractivity contribution in [3.8, 4) is 5.75 Å². The minimum absolute atomic E-state index is 0.0795.